The number of nitro groups is 1. The van der Waals surface area contributed by atoms with Crippen molar-refractivity contribution in [2.24, 2.45) is 0 Å². The fourth-order valence-electron chi connectivity index (χ4n) is 1.93. The first-order valence-corrected chi connectivity index (χ1v) is 9.35. The molecule has 26 heavy (non-hydrogen) atoms. The molecule has 0 radical (unpaired) electrons. The summed E-state index contributed by atoms with van der Waals surface area (Å²) in [5.74, 6) is -0.264. The van der Waals surface area contributed by atoms with Gasteiger partial charge in [0.15, 0.2) is 5.11 Å². The van der Waals surface area contributed by atoms with Gasteiger partial charge in [-0.3, -0.25) is 14.9 Å². The van der Waals surface area contributed by atoms with Crippen molar-refractivity contribution in [1.82, 2.24) is 10.6 Å². The molecule has 0 fully saturated rings. The number of non-ortho nitro benzene ring substituents is 1. The lowest BCUT2D eigenvalue weighted by molar-refractivity contribution is -0.384. The maximum atomic E-state index is 12.0. The Morgan fingerprint density at radius 3 is 2.35 bits per heavy atom. The number of hydrogen-bond donors (Lipinski definition) is 3. The van der Waals surface area contributed by atoms with E-state index in [4.69, 9.17) is 47.0 Å². The quantitative estimate of drug-likeness (QED) is 0.139. The zero-order valence-corrected chi connectivity index (χ0v) is 17.0. The van der Waals surface area contributed by atoms with Crippen LogP contribution in [-0.2, 0) is 4.79 Å². The van der Waals surface area contributed by atoms with E-state index in [0.29, 0.717) is 12.1 Å². The summed E-state index contributed by atoms with van der Waals surface area (Å²) in [5.41, 5.74) is 0.457. The van der Waals surface area contributed by atoms with E-state index >= 15 is 0 Å². The standard InChI is InChI=1S/C15H19Cl3N4O3S/c1-2-3-4-5-12(23)20-13(15(16,17)18)21-14(26)19-10-6-8-11(9-7-10)22(24)25/h6-9,13H,2-5H2,1H3,(H,20,23)(H2,19,21,26)/t13-/m1/s1. The summed E-state index contributed by atoms with van der Waals surface area (Å²) < 4.78 is -1.83. The molecule has 1 aromatic rings. The summed E-state index contributed by atoms with van der Waals surface area (Å²) in [6, 6.07) is 5.62. The number of amides is 1. The largest absolute Gasteiger partial charge is 0.339 e. The second kappa shape index (κ2) is 10.7. The average Bonchev–Trinajstić information content (AvgIpc) is 2.54. The lowest BCUT2D eigenvalue weighted by Gasteiger charge is -2.27. The molecule has 0 saturated heterocycles. The van der Waals surface area contributed by atoms with Crippen LogP contribution in [0.5, 0.6) is 0 Å². The molecule has 0 saturated carbocycles. The van der Waals surface area contributed by atoms with E-state index in [2.05, 4.69) is 16.0 Å². The maximum Gasteiger partial charge on any atom is 0.269 e. The van der Waals surface area contributed by atoms with Crippen LogP contribution in [0.1, 0.15) is 32.6 Å². The van der Waals surface area contributed by atoms with E-state index in [0.717, 1.165) is 19.3 Å². The highest BCUT2D eigenvalue weighted by Gasteiger charge is 2.34. The van der Waals surface area contributed by atoms with Gasteiger partial charge in [0.25, 0.3) is 5.69 Å². The summed E-state index contributed by atoms with van der Waals surface area (Å²) in [6.07, 6.45) is 1.93. The van der Waals surface area contributed by atoms with Crippen LogP contribution in [0.2, 0.25) is 0 Å². The van der Waals surface area contributed by atoms with Crippen molar-refractivity contribution in [2.75, 3.05) is 5.32 Å². The molecule has 0 unspecified atom stereocenters. The topological polar surface area (TPSA) is 96.3 Å². The zero-order chi connectivity index (χ0) is 19.7. The number of alkyl halides is 3. The molecule has 0 aliphatic heterocycles. The summed E-state index contributed by atoms with van der Waals surface area (Å²) in [4.78, 5) is 22.1. The first-order chi connectivity index (χ1) is 12.1. The van der Waals surface area contributed by atoms with Gasteiger partial charge in [-0.05, 0) is 30.8 Å². The zero-order valence-electron chi connectivity index (χ0n) is 13.9. The predicted octanol–water partition coefficient (Wildman–Crippen LogP) is 4.27. The second-order valence-electron chi connectivity index (χ2n) is 5.40. The van der Waals surface area contributed by atoms with Gasteiger partial charge in [0.2, 0.25) is 9.70 Å². The van der Waals surface area contributed by atoms with Crippen LogP contribution in [0.3, 0.4) is 0 Å². The first kappa shape index (κ1) is 22.7. The molecule has 0 aliphatic rings. The molecular weight excluding hydrogens is 423 g/mol. The van der Waals surface area contributed by atoms with Crippen LogP contribution in [0, 0.1) is 10.1 Å². The highest BCUT2D eigenvalue weighted by Crippen LogP contribution is 2.29. The van der Waals surface area contributed by atoms with E-state index in [9.17, 15) is 14.9 Å². The van der Waals surface area contributed by atoms with Gasteiger partial charge in [-0.2, -0.15) is 0 Å². The third kappa shape index (κ3) is 8.35. The number of nitro benzene ring substituents is 1. The summed E-state index contributed by atoms with van der Waals surface area (Å²) in [6.45, 7) is 2.03. The number of halogens is 3. The van der Waals surface area contributed by atoms with Crippen molar-refractivity contribution >= 4 is 69.4 Å². The Morgan fingerprint density at radius 1 is 1.23 bits per heavy atom. The van der Waals surface area contributed by atoms with Crippen LogP contribution >= 0.6 is 47.0 Å². The minimum absolute atomic E-state index is 0.0482. The molecule has 1 rings (SSSR count). The predicted molar refractivity (Wildman–Crippen MR) is 109 cm³/mol. The smallest absolute Gasteiger partial charge is 0.269 e. The molecule has 0 spiro atoms. The number of carbonyl (C=O) groups excluding carboxylic acids is 1. The van der Waals surface area contributed by atoms with Crippen LogP contribution in [0.15, 0.2) is 24.3 Å². The third-order valence-corrected chi connectivity index (χ3v) is 4.13. The van der Waals surface area contributed by atoms with Crippen LogP contribution < -0.4 is 16.0 Å². The van der Waals surface area contributed by atoms with Crippen LogP contribution in [-0.4, -0.2) is 25.9 Å². The molecule has 1 aromatic carbocycles. The van der Waals surface area contributed by atoms with Gasteiger partial charge in [-0.25, -0.2) is 0 Å². The highest BCUT2D eigenvalue weighted by atomic mass is 35.6. The molecule has 1 amide bonds. The minimum Gasteiger partial charge on any atom is -0.339 e. The molecule has 3 N–H and O–H groups in total. The van der Waals surface area contributed by atoms with Gasteiger partial charge >= 0.3 is 0 Å². The third-order valence-electron chi connectivity index (χ3n) is 3.25. The molecule has 0 aliphatic carbocycles. The lowest BCUT2D eigenvalue weighted by Crippen LogP contribution is -2.56. The molecule has 144 valence electrons. The van der Waals surface area contributed by atoms with E-state index in [-0.39, 0.29) is 16.7 Å². The van der Waals surface area contributed by atoms with E-state index in [1.807, 2.05) is 6.92 Å². The molecule has 0 heterocycles. The molecule has 11 heteroatoms. The number of carbonyl (C=O) groups is 1. The number of unbranched alkanes of at least 4 members (excludes halogenated alkanes) is 2. The number of hydrogen-bond acceptors (Lipinski definition) is 4. The summed E-state index contributed by atoms with van der Waals surface area (Å²) in [5, 5.41) is 18.9. The van der Waals surface area contributed by atoms with Crippen molar-refractivity contribution in [3.63, 3.8) is 0 Å². The fraction of sp³-hybridized carbons (Fsp3) is 0.467. The van der Waals surface area contributed by atoms with Gasteiger partial charge < -0.3 is 16.0 Å². The average molecular weight is 442 g/mol. The second-order valence-corrected chi connectivity index (χ2v) is 8.18. The normalized spacial score (nSPS) is 12.2. The van der Waals surface area contributed by atoms with Crippen molar-refractivity contribution in [2.45, 2.75) is 42.6 Å². The first-order valence-electron chi connectivity index (χ1n) is 7.81. The number of benzene rings is 1. The molecule has 1 atom stereocenters. The number of thiocarbonyl (C=S) groups is 1. The van der Waals surface area contributed by atoms with E-state index in [1.165, 1.54) is 24.3 Å². The van der Waals surface area contributed by atoms with Crippen LogP contribution in [0.4, 0.5) is 11.4 Å². The van der Waals surface area contributed by atoms with Crippen molar-refractivity contribution in [1.29, 1.82) is 0 Å². The Balaban J connectivity index is 2.65. The van der Waals surface area contributed by atoms with Gasteiger partial charge in [-0.1, -0.05) is 54.6 Å². The lowest BCUT2D eigenvalue weighted by atomic mass is 10.2. The number of anilines is 1. The molecule has 0 aromatic heterocycles. The van der Waals surface area contributed by atoms with Crippen molar-refractivity contribution in [3.05, 3.63) is 34.4 Å². The SMILES string of the molecule is CCCCCC(=O)N[C@H](NC(=S)Nc1ccc([N+](=O)[O-])cc1)C(Cl)(Cl)Cl. The molecule has 0 bridgehead atoms. The fourth-order valence-corrected chi connectivity index (χ4v) is 2.50. The van der Waals surface area contributed by atoms with E-state index in [1.54, 1.807) is 0 Å². The summed E-state index contributed by atoms with van der Waals surface area (Å²) in [7, 11) is 0. The van der Waals surface area contributed by atoms with Gasteiger partial charge in [0.1, 0.15) is 6.17 Å². The molecule has 7 nitrogen and oxygen atoms in total. The monoisotopic (exact) mass is 440 g/mol. The Hall–Kier alpha value is -1.35. The highest BCUT2D eigenvalue weighted by molar-refractivity contribution is 7.80. The number of nitrogens with zero attached hydrogens (tertiary/aromatic N) is 1. The molecular formula is C15H19Cl3N4O3S. The number of nitrogens with one attached hydrogen (secondary N) is 3. The summed E-state index contributed by atoms with van der Waals surface area (Å²) >= 11 is 22.8. The van der Waals surface area contributed by atoms with Crippen molar-refractivity contribution in [3.8, 4) is 0 Å². The minimum atomic E-state index is -1.83. The maximum absolute atomic E-state index is 12.0. The Kier molecular flexibility index (Phi) is 9.35. The van der Waals surface area contributed by atoms with Gasteiger partial charge in [0.05, 0.1) is 4.92 Å². The Labute approximate surface area is 171 Å². The number of rotatable bonds is 8. The Morgan fingerprint density at radius 2 is 1.85 bits per heavy atom. The van der Waals surface area contributed by atoms with Gasteiger partial charge in [0, 0.05) is 24.2 Å². The van der Waals surface area contributed by atoms with Crippen LogP contribution in [0.25, 0.3) is 0 Å². The van der Waals surface area contributed by atoms with E-state index < -0.39 is 14.9 Å². The van der Waals surface area contributed by atoms with Crippen molar-refractivity contribution < 1.29 is 9.72 Å². The van der Waals surface area contributed by atoms with Gasteiger partial charge in [-0.15, -0.1) is 0 Å². The Bertz CT molecular complexity index is 638.